The van der Waals surface area contributed by atoms with Crippen molar-refractivity contribution in [1.29, 1.82) is 0 Å². The van der Waals surface area contributed by atoms with Gasteiger partial charge in [0.15, 0.2) is 0 Å². The maximum atomic E-state index is 13.1. The van der Waals surface area contributed by atoms with Crippen LogP contribution < -0.4 is 4.74 Å². The molecular formula is C17H21NO3S. The number of ether oxygens (including phenoxy) is 1. The third kappa shape index (κ3) is 2.48. The fourth-order valence-electron chi connectivity index (χ4n) is 3.20. The van der Waals surface area contributed by atoms with Crippen LogP contribution in [0.25, 0.3) is 10.8 Å². The molecule has 0 unspecified atom stereocenters. The highest BCUT2D eigenvalue weighted by molar-refractivity contribution is 7.89. The van der Waals surface area contributed by atoms with Gasteiger partial charge in [0.2, 0.25) is 10.0 Å². The van der Waals surface area contributed by atoms with Crippen molar-refractivity contribution in [1.82, 2.24) is 4.31 Å². The van der Waals surface area contributed by atoms with Gasteiger partial charge in [0.25, 0.3) is 0 Å². The molecule has 0 aromatic heterocycles. The number of nitrogens with zero attached hydrogens (tertiary/aromatic N) is 1. The maximum absolute atomic E-state index is 13.1. The van der Waals surface area contributed by atoms with Gasteiger partial charge in [0, 0.05) is 23.4 Å². The Bertz CT molecular complexity index is 786. The summed E-state index contributed by atoms with van der Waals surface area (Å²) >= 11 is 0. The van der Waals surface area contributed by atoms with E-state index in [0.717, 1.165) is 30.0 Å². The summed E-state index contributed by atoms with van der Waals surface area (Å²) in [6.07, 6.45) is 2.95. The molecule has 0 N–H and O–H groups in total. The first-order chi connectivity index (χ1) is 10.6. The highest BCUT2D eigenvalue weighted by Crippen LogP contribution is 2.34. The van der Waals surface area contributed by atoms with Crippen LogP contribution in [-0.4, -0.2) is 32.4 Å². The van der Waals surface area contributed by atoms with Gasteiger partial charge in [-0.15, -0.1) is 0 Å². The molecule has 1 atom stereocenters. The van der Waals surface area contributed by atoms with Crippen LogP contribution in [0.2, 0.25) is 0 Å². The summed E-state index contributed by atoms with van der Waals surface area (Å²) in [7, 11) is -1.89. The lowest BCUT2D eigenvalue weighted by atomic mass is 10.1. The van der Waals surface area contributed by atoms with Crippen molar-refractivity contribution in [2.75, 3.05) is 13.7 Å². The summed E-state index contributed by atoms with van der Waals surface area (Å²) in [5.41, 5.74) is 0. The minimum absolute atomic E-state index is 0.0552. The Hall–Kier alpha value is -1.59. The Morgan fingerprint density at radius 2 is 1.82 bits per heavy atom. The molecule has 0 amide bonds. The van der Waals surface area contributed by atoms with E-state index in [9.17, 15) is 8.42 Å². The standard InChI is InChI=1S/C17H21NO3S/c1-13-7-5-6-12-18(13)22(19,20)17-11-10-16(21-2)14-8-3-4-9-15(14)17/h3-4,8-11,13H,5-7,12H2,1-2H3/t13-/m0/s1. The molecule has 0 spiro atoms. The van der Waals surface area contributed by atoms with Crippen molar-refractivity contribution < 1.29 is 13.2 Å². The first-order valence-electron chi connectivity index (χ1n) is 7.63. The van der Waals surface area contributed by atoms with Gasteiger partial charge in [-0.25, -0.2) is 8.42 Å². The highest BCUT2D eigenvalue weighted by atomic mass is 32.2. The number of piperidine rings is 1. The topological polar surface area (TPSA) is 46.6 Å². The van der Waals surface area contributed by atoms with Gasteiger partial charge in [-0.05, 0) is 31.9 Å². The highest BCUT2D eigenvalue weighted by Gasteiger charge is 2.32. The summed E-state index contributed by atoms with van der Waals surface area (Å²) < 4.78 is 33.2. The molecule has 1 fully saturated rings. The first kappa shape index (κ1) is 15.3. The molecule has 3 rings (SSSR count). The Morgan fingerprint density at radius 1 is 1.09 bits per heavy atom. The minimum atomic E-state index is -3.49. The maximum Gasteiger partial charge on any atom is 0.243 e. The lowest BCUT2D eigenvalue weighted by molar-refractivity contribution is 0.269. The predicted octanol–water partition coefficient (Wildman–Crippen LogP) is 3.41. The Kier molecular flexibility index (Phi) is 4.10. The number of methoxy groups -OCH3 is 1. The van der Waals surface area contributed by atoms with E-state index in [1.54, 1.807) is 23.5 Å². The van der Waals surface area contributed by atoms with Crippen LogP contribution in [-0.2, 0) is 10.0 Å². The molecule has 1 saturated heterocycles. The van der Waals surface area contributed by atoms with Crippen LogP contribution >= 0.6 is 0 Å². The fraction of sp³-hybridized carbons (Fsp3) is 0.412. The number of rotatable bonds is 3. The van der Waals surface area contributed by atoms with E-state index in [4.69, 9.17) is 4.74 Å². The molecule has 0 radical (unpaired) electrons. The molecule has 1 aliphatic heterocycles. The lowest BCUT2D eigenvalue weighted by Crippen LogP contribution is -2.41. The van der Waals surface area contributed by atoms with Gasteiger partial charge >= 0.3 is 0 Å². The van der Waals surface area contributed by atoms with E-state index < -0.39 is 10.0 Å². The Morgan fingerprint density at radius 3 is 2.50 bits per heavy atom. The van der Waals surface area contributed by atoms with E-state index in [-0.39, 0.29) is 6.04 Å². The number of benzene rings is 2. The number of fused-ring (bicyclic) bond motifs is 1. The molecule has 118 valence electrons. The predicted molar refractivity (Wildman–Crippen MR) is 87.7 cm³/mol. The van der Waals surface area contributed by atoms with Crippen molar-refractivity contribution in [3.05, 3.63) is 36.4 Å². The van der Waals surface area contributed by atoms with Gasteiger partial charge in [-0.3, -0.25) is 0 Å². The van der Waals surface area contributed by atoms with Gasteiger partial charge in [-0.1, -0.05) is 30.7 Å². The zero-order valence-electron chi connectivity index (χ0n) is 13.0. The quantitative estimate of drug-likeness (QED) is 0.871. The third-order valence-corrected chi connectivity index (χ3v) is 6.46. The summed E-state index contributed by atoms with van der Waals surface area (Å²) in [5.74, 6) is 0.696. The van der Waals surface area contributed by atoms with Crippen LogP contribution in [0, 0.1) is 0 Å². The monoisotopic (exact) mass is 319 g/mol. The van der Waals surface area contributed by atoms with Crippen molar-refractivity contribution in [3.63, 3.8) is 0 Å². The van der Waals surface area contributed by atoms with Gasteiger partial charge in [0.1, 0.15) is 5.75 Å². The van der Waals surface area contributed by atoms with Gasteiger partial charge < -0.3 is 4.74 Å². The van der Waals surface area contributed by atoms with E-state index in [1.165, 1.54) is 0 Å². The Labute approximate surface area is 131 Å². The van der Waals surface area contributed by atoms with Crippen LogP contribution in [0.1, 0.15) is 26.2 Å². The third-order valence-electron chi connectivity index (χ3n) is 4.39. The van der Waals surface area contributed by atoms with Gasteiger partial charge in [-0.2, -0.15) is 4.31 Å². The normalized spacial score (nSPS) is 20.2. The molecule has 0 bridgehead atoms. The smallest absolute Gasteiger partial charge is 0.243 e. The molecule has 22 heavy (non-hydrogen) atoms. The Balaban J connectivity index is 2.17. The largest absolute Gasteiger partial charge is 0.496 e. The second-order valence-corrected chi connectivity index (χ2v) is 7.63. The minimum Gasteiger partial charge on any atom is -0.496 e. The molecule has 5 heteroatoms. The molecule has 4 nitrogen and oxygen atoms in total. The zero-order valence-corrected chi connectivity index (χ0v) is 13.8. The number of hydrogen-bond acceptors (Lipinski definition) is 3. The average Bonchev–Trinajstić information content (AvgIpc) is 2.54. The van der Waals surface area contributed by atoms with E-state index in [1.807, 2.05) is 31.2 Å². The van der Waals surface area contributed by atoms with Crippen LogP contribution in [0.3, 0.4) is 0 Å². The first-order valence-corrected chi connectivity index (χ1v) is 9.07. The molecular weight excluding hydrogens is 298 g/mol. The van der Waals surface area contributed by atoms with Crippen molar-refractivity contribution >= 4 is 20.8 Å². The molecule has 0 aliphatic carbocycles. The number of sulfonamides is 1. The molecule has 0 saturated carbocycles. The SMILES string of the molecule is COc1ccc(S(=O)(=O)N2CCCC[C@@H]2C)c2ccccc12. The van der Waals surface area contributed by atoms with Crippen LogP contribution in [0.5, 0.6) is 5.75 Å². The van der Waals surface area contributed by atoms with Crippen LogP contribution in [0.4, 0.5) is 0 Å². The van der Waals surface area contributed by atoms with E-state index in [0.29, 0.717) is 17.2 Å². The van der Waals surface area contributed by atoms with Crippen LogP contribution in [0.15, 0.2) is 41.3 Å². The molecule has 2 aromatic rings. The second kappa shape index (κ2) is 5.89. The van der Waals surface area contributed by atoms with Gasteiger partial charge in [0.05, 0.1) is 12.0 Å². The summed E-state index contributed by atoms with van der Waals surface area (Å²) in [5, 5.41) is 1.55. The molecule has 2 aromatic carbocycles. The summed E-state index contributed by atoms with van der Waals surface area (Å²) in [6, 6.07) is 11.0. The molecule has 1 heterocycles. The van der Waals surface area contributed by atoms with Crippen molar-refractivity contribution in [2.24, 2.45) is 0 Å². The second-order valence-electron chi connectivity index (χ2n) is 5.77. The number of hydrogen-bond donors (Lipinski definition) is 0. The fourth-order valence-corrected chi connectivity index (χ4v) is 5.10. The van der Waals surface area contributed by atoms with E-state index in [2.05, 4.69) is 0 Å². The zero-order chi connectivity index (χ0) is 15.7. The van der Waals surface area contributed by atoms with Crippen molar-refractivity contribution in [3.8, 4) is 5.75 Å². The summed E-state index contributed by atoms with van der Waals surface area (Å²) in [4.78, 5) is 0.373. The summed E-state index contributed by atoms with van der Waals surface area (Å²) in [6.45, 7) is 2.59. The average molecular weight is 319 g/mol. The van der Waals surface area contributed by atoms with Crippen molar-refractivity contribution in [2.45, 2.75) is 37.1 Å². The van der Waals surface area contributed by atoms with E-state index >= 15 is 0 Å². The lowest BCUT2D eigenvalue weighted by Gasteiger charge is -2.32. The molecule has 1 aliphatic rings.